The molecule has 2 aromatic carbocycles. The van der Waals surface area contributed by atoms with Gasteiger partial charge in [0, 0.05) is 13.3 Å². The summed E-state index contributed by atoms with van der Waals surface area (Å²) in [6.07, 6.45) is 0.612. The first-order valence-electron chi connectivity index (χ1n) is 11.9. The Labute approximate surface area is 211 Å². The van der Waals surface area contributed by atoms with E-state index in [4.69, 9.17) is 0 Å². The second kappa shape index (κ2) is 14.0. The Kier molecular flexibility index (Phi) is 11.1. The highest BCUT2D eigenvalue weighted by Crippen LogP contribution is 2.13. The van der Waals surface area contributed by atoms with Gasteiger partial charge in [-0.25, -0.2) is 9.86 Å². The zero-order chi connectivity index (χ0) is 26.7. The molecule has 2 rings (SSSR count). The summed E-state index contributed by atoms with van der Waals surface area (Å²) in [4.78, 5) is 49.8. The van der Waals surface area contributed by atoms with Gasteiger partial charge in [-0.3, -0.25) is 19.6 Å². The average molecular weight is 498 g/mol. The number of benzene rings is 2. The third kappa shape index (κ3) is 9.50. The molecule has 0 spiro atoms. The summed E-state index contributed by atoms with van der Waals surface area (Å²) >= 11 is 0. The largest absolute Gasteiger partial charge is 0.480 e. The highest BCUT2D eigenvalue weighted by Gasteiger charge is 2.30. The lowest BCUT2D eigenvalue weighted by atomic mass is 9.96. The molecule has 3 amide bonds. The van der Waals surface area contributed by atoms with Gasteiger partial charge in [0.15, 0.2) is 0 Å². The van der Waals surface area contributed by atoms with E-state index in [1.165, 1.54) is 6.92 Å². The minimum Gasteiger partial charge on any atom is -0.480 e. The number of hydroxylamine groups is 2. The SMILES string of the molecule is CC(=O)N(O)C[C@@H](Cc1ccccc1)C(=O)N[C@@H](CC(C)C)C(=O)N[C@@H](Cc1ccccc1)C(=O)O. The first-order chi connectivity index (χ1) is 17.1. The first kappa shape index (κ1) is 28.5. The Morgan fingerprint density at radius 1 is 0.806 bits per heavy atom. The fourth-order valence-electron chi connectivity index (χ4n) is 3.79. The zero-order valence-electron chi connectivity index (χ0n) is 20.9. The van der Waals surface area contributed by atoms with E-state index in [9.17, 15) is 29.5 Å². The van der Waals surface area contributed by atoms with Crippen molar-refractivity contribution in [3.05, 3.63) is 71.8 Å². The van der Waals surface area contributed by atoms with Crippen molar-refractivity contribution in [3.63, 3.8) is 0 Å². The van der Waals surface area contributed by atoms with Crippen LogP contribution in [0.25, 0.3) is 0 Å². The van der Waals surface area contributed by atoms with Crippen molar-refractivity contribution in [2.45, 2.75) is 52.1 Å². The summed E-state index contributed by atoms with van der Waals surface area (Å²) < 4.78 is 0. The van der Waals surface area contributed by atoms with Gasteiger partial charge in [-0.15, -0.1) is 0 Å². The predicted octanol–water partition coefficient (Wildman–Crippen LogP) is 2.43. The summed E-state index contributed by atoms with van der Waals surface area (Å²) in [5.41, 5.74) is 1.58. The van der Waals surface area contributed by atoms with Crippen LogP contribution < -0.4 is 10.6 Å². The normalized spacial score (nSPS) is 13.4. The molecule has 2 aromatic rings. The zero-order valence-corrected chi connectivity index (χ0v) is 20.9. The van der Waals surface area contributed by atoms with E-state index in [0.29, 0.717) is 5.06 Å². The van der Waals surface area contributed by atoms with Gasteiger partial charge in [0.2, 0.25) is 17.7 Å². The van der Waals surface area contributed by atoms with Crippen LogP contribution in [0.5, 0.6) is 0 Å². The van der Waals surface area contributed by atoms with E-state index in [1.807, 2.05) is 50.2 Å². The molecule has 0 heterocycles. The average Bonchev–Trinajstić information content (AvgIpc) is 2.83. The maximum absolute atomic E-state index is 13.3. The van der Waals surface area contributed by atoms with Crippen molar-refractivity contribution in [1.82, 2.24) is 15.7 Å². The Balaban J connectivity index is 2.19. The number of hydrogen-bond donors (Lipinski definition) is 4. The number of carbonyl (C=O) groups excluding carboxylic acids is 3. The topological polar surface area (TPSA) is 136 Å². The molecule has 194 valence electrons. The second-order valence-corrected chi connectivity index (χ2v) is 9.27. The molecule has 3 atom stereocenters. The van der Waals surface area contributed by atoms with Crippen LogP contribution in [0.1, 0.15) is 38.3 Å². The minimum absolute atomic E-state index is 0.0255. The van der Waals surface area contributed by atoms with Gasteiger partial charge in [-0.1, -0.05) is 74.5 Å². The smallest absolute Gasteiger partial charge is 0.326 e. The highest BCUT2D eigenvalue weighted by atomic mass is 16.5. The molecule has 0 radical (unpaired) electrons. The highest BCUT2D eigenvalue weighted by molar-refractivity contribution is 5.91. The molecule has 0 aromatic heterocycles. The summed E-state index contributed by atoms with van der Waals surface area (Å²) in [5, 5.41) is 25.4. The molecule has 0 saturated carbocycles. The van der Waals surface area contributed by atoms with Gasteiger partial charge in [-0.2, -0.15) is 0 Å². The van der Waals surface area contributed by atoms with E-state index in [0.717, 1.165) is 11.1 Å². The van der Waals surface area contributed by atoms with Crippen molar-refractivity contribution < 1.29 is 29.5 Å². The van der Waals surface area contributed by atoms with Crippen molar-refractivity contribution >= 4 is 23.7 Å². The van der Waals surface area contributed by atoms with Crippen LogP contribution in [0, 0.1) is 11.8 Å². The molecule has 0 aliphatic heterocycles. The Morgan fingerprint density at radius 3 is 1.78 bits per heavy atom. The summed E-state index contributed by atoms with van der Waals surface area (Å²) in [5.74, 6) is -3.72. The lowest BCUT2D eigenvalue weighted by Gasteiger charge is -2.26. The Bertz CT molecular complexity index is 1010. The van der Waals surface area contributed by atoms with Crippen LogP contribution in [0.2, 0.25) is 0 Å². The number of nitrogens with one attached hydrogen (secondary N) is 2. The van der Waals surface area contributed by atoms with Gasteiger partial charge < -0.3 is 15.7 Å². The fraction of sp³-hybridized carbons (Fsp3) is 0.407. The Morgan fingerprint density at radius 2 is 1.31 bits per heavy atom. The van der Waals surface area contributed by atoms with Gasteiger partial charge in [-0.05, 0) is 29.9 Å². The number of rotatable bonds is 13. The van der Waals surface area contributed by atoms with Gasteiger partial charge in [0.25, 0.3) is 0 Å². The molecule has 36 heavy (non-hydrogen) atoms. The van der Waals surface area contributed by atoms with Gasteiger partial charge in [0.1, 0.15) is 12.1 Å². The lowest BCUT2D eigenvalue weighted by molar-refractivity contribution is -0.166. The molecular formula is C27H35N3O6. The quantitative estimate of drug-likeness (QED) is 0.248. The minimum atomic E-state index is -1.18. The number of amides is 3. The van der Waals surface area contributed by atoms with Crippen molar-refractivity contribution in [2.75, 3.05) is 6.54 Å². The van der Waals surface area contributed by atoms with Crippen LogP contribution in [0.3, 0.4) is 0 Å². The van der Waals surface area contributed by atoms with Crippen LogP contribution in [-0.2, 0) is 32.0 Å². The molecule has 0 fully saturated rings. The molecular weight excluding hydrogens is 462 g/mol. The molecule has 0 saturated heterocycles. The number of carboxylic acids is 1. The summed E-state index contributed by atoms with van der Waals surface area (Å²) in [6, 6.07) is 15.9. The monoisotopic (exact) mass is 497 g/mol. The predicted molar refractivity (Wildman–Crippen MR) is 134 cm³/mol. The number of hydrogen-bond acceptors (Lipinski definition) is 5. The van der Waals surface area contributed by atoms with E-state index in [1.54, 1.807) is 24.3 Å². The first-order valence-corrected chi connectivity index (χ1v) is 11.9. The second-order valence-electron chi connectivity index (χ2n) is 9.27. The summed E-state index contributed by atoms with van der Waals surface area (Å²) in [7, 11) is 0. The third-order valence-electron chi connectivity index (χ3n) is 5.69. The fourth-order valence-corrected chi connectivity index (χ4v) is 3.79. The van der Waals surface area contributed by atoms with Crippen molar-refractivity contribution in [3.8, 4) is 0 Å². The van der Waals surface area contributed by atoms with E-state index < -0.39 is 41.7 Å². The number of aliphatic carboxylic acids is 1. The van der Waals surface area contributed by atoms with Crippen LogP contribution >= 0.6 is 0 Å². The van der Waals surface area contributed by atoms with Gasteiger partial charge in [0.05, 0.1) is 12.5 Å². The maximum atomic E-state index is 13.3. The molecule has 0 aliphatic rings. The maximum Gasteiger partial charge on any atom is 0.326 e. The standard InChI is InChI=1S/C27H35N3O6/c1-18(2)14-23(26(33)29-24(27(34)35)16-21-12-8-5-9-13-21)28-25(32)22(17-30(36)19(3)31)15-20-10-6-4-7-11-20/h4-13,18,22-24,36H,14-17H2,1-3H3,(H,28,32)(H,29,33)(H,34,35)/t22-,23+,24+/m1/s1. The van der Waals surface area contributed by atoms with E-state index in [-0.39, 0.29) is 31.7 Å². The number of nitrogens with zero attached hydrogens (tertiary/aromatic N) is 1. The van der Waals surface area contributed by atoms with E-state index in [2.05, 4.69) is 10.6 Å². The molecule has 4 N–H and O–H groups in total. The number of carbonyl (C=O) groups is 4. The molecule has 9 heteroatoms. The lowest BCUT2D eigenvalue weighted by Crippen LogP contribution is -2.54. The summed E-state index contributed by atoms with van der Waals surface area (Å²) in [6.45, 7) is 4.71. The Hall–Kier alpha value is -3.72. The van der Waals surface area contributed by atoms with Crippen LogP contribution in [-0.4, -0.2) is 57.7 Å². The molecule has 0 aliphatic carbocycles. The van der Waals surface area contributed by atoms with Crippen LogP contribution in [0.4, 0.5) is 0 Å². The van der Waals surface area contributed by atoms with Crippen molar-refractivity contribution in [1.29, 1.82) is 0 Å². The van der Waals surface area contributed by atoms with Crippen molar-refractivity contribution in [2.24, 2.45) is 11.8 Å². The number of carboxylic acid groups (broad SMARTS) is 1. The third-order valence-corrected chi connectivity index (χ3v) is 5.69. The molecule has 9 nitrogen and oxygen atoms in total. The van der Waals surface area contributed by atoms with Crippen LogP contribution in [0.15, 0.2) is 60.7 Å². The molecule has 0 unspecified atom stereocenters. The molecule has 0 bridgehead atoms. The van der Waals surface area contributed by atoms with E-state index >= 15 is 0 Å². The van der Waals surface area contributed by atoms with Gasteiger partial charge >= 0.3 is 5.97 Å².